The van der Waals surface area contributed by atoms with Crippen molar-refractivity contribution >= 4 is 18.3 Å². The molecule has 0 aromatic rings. The Morgan fingerprint density at radius 3 is 2.94 bits per heavy atom. The lowest BCUT2D eigenvalue weighted by Crippen LogP contribution is -2.47. The third kappa shape index (κ3) is 4.41. The molecule has 2 aliphatic rings. The average molecular weight is 277 g/mol. The van der Waals surface area contributed by atoms with E-state index in [1.807, 2.05) is 0 Å². The van der Waals surface area contributed by atoms with Crippen LogP contribution in [0, 0.1) is 11.3 Å². The number of nitrogens with one attached hydrogen (secondary N) is 2. The van der Waals surface area contributed by atoms with E-state index in [2.05, 4.69) is 17.6 Å². The van der Waals surface area contributed by atoms with Crippen LogP contribution in [-0.2, 0) is 9.53 Å². The predicted octanol–water partition coefficient (Wildman–Crippen LogP) is 1.34. The molecule has 0 saturated carbocycles. The van der Waals surface area contributed by atoms with Crippen LogP contribution >= 0.6 is 12.4 Å². The Hall–Kier alpha value is -0.320. The second-order valence-electron chi connectivity index (χ2n) is 5.72. The quantitative estimate of drug-likeness (QED) is 0.818. The first-order valence-corrected chi connectivity index (χ1v) is 6.76. The van der Waals surface area contributed by atoms with E-state index in [1.165, 1.54) is 12.8 Å². The van der Waals surface area contributed by atoms with E-state index < -0.39 is 0 Å². The molecule has 2 atom stereocenters. The van der Waals surface area contributed by atoms with Crippen LogP contribution in [0.2, 0.25) is 0 Å². The van der Waals surface area contributed by atoms with Gasteiger partial charge in [-0.15, -0.1) is 12.4 Å². The summed E-state index contributed by atoms with van der Waals surface area (Å²) < 4.78 is 5.35. The number of rotatable bonds is 3. The monoisotopic (exact) mass is 276 g/mol. The lowest BCUT2D eigenvalue weighted by Gasteiger charge is -2.34. The van der Waals surface area contributed by atoms with Crippen molar-refractivity contribution in [1.82, 2.24) is 10.6 Å². The normalized spacial score (nSPS) is 32.4. The van der Waals surface area contributed by atoms with Gasteiger partial charge in [0, 0.05) is 19.7 Å². The molecule has 2 rings (SSSR count). The fraction of sp³-hybridized carbons (Fsp3) is 0.923. The Labute approximate surface area is 116 Å². The molecule has 0 spiro atoms. The van der Waals surface area contributed by atoms with Gasteiger partial charge in [0.05, 0.1) is 12.5 Å². The van der Waals surface area contributed by atoms with Gasteiger partial charge in [-0.3, -0.25) is 4.79 Å². The zero-order chi connectivity index (χ0) is 12.1. The van der Waals surface area contributed by atoms with E-state index in [-0.39, 0.29) is 29.6 Å². The summed E-state index contributed by atoms with van der Waals surface area (Å²) >= 11 is 0. The molecule has 0 aromatic heterocycles. The topological polar surface area (TPSA) is 50.4 Å². The van der Waals surface area contributed by atoms with Crippen LogP contribution in [0.5, 0.6) is 0 Å². The first-order chi connectivity index (χ1) is 8.20. The first kappa shape index (κ1) is 15.7. The number of ether oxygens (including phenoxy) is 1. The molecule has 106 valence electrons. The summed E-state index contributed by atoms with van der Waals surface area (Å²) in [5.41, 5.74) is 0.226. The highest BCUT2D eigenvalue weighted by molar-refractivity contribution is 5.85. The second kappa shape index (κ2) is 7.31. The van der Waals surface area contributed by atoms with Crippen LogP contribution < -0.4 is 10.6 Å². The van der Waals surface area contributed by atoms with Crippen molar-refractivity contribution in [2.24, 2.45) is 11.3 Å². The molecule has 2 fully saturated rings. The van der Waals surface area contributed by atoms with Crippen molar-refractivity contribution < 1.29 is 9.53 Å². The Morgan fingerprint density at radius 2 is 2.33 bits per heavy atom. The van der Waals surface area contributed by atoms with Crippen LogP contribution in [0.15, 0.2) is 0 Å². The summed E-state index contributed by atoms with van der Waals surface area (Å²) in [6.07, 6.45) is 4.39. The lowest BCUT2D eigenvalue weighted by atomic mass is 9.82. The smallest absolute Gasteiger partial charge is 0.225 e. The maximum atomic E-state index is 12.0. The van der Waals surface area contributed by atoms with Gasteiger partial charge >= 0.3 is 0 Å². The molecule has 18 heavy (non-hydrogen) atoms. The SMILES string of the molecule is CC1(CNC(=O)C2CCCOC2)CCCNC1.Cl. The van der Waals surface area contributed by atoms with Crippen molar-refractivity contribution in [3.8, 4) is 0 Å². The molecule has 1 amide bonds. The minimum Gasteiger partial charge on any atom is -0.381 e. The third-order valence-electron chi connectivity index (χ3n) is 3.91. The second-order valence-corrected chi connectivity index (χ2v) is 5.72. The van der Waals surface area contributed by atoms with Crippen molar-refractivity contribution in [3.05, 3.63) is 0 Å². The molecule has 4 nitrogen and oxygen atoms in total. The molecule has 2 aliphatic heterocycles. The number of carbonyl (C=O) groups excluding carboxylic acids is 1. The number of amides is 1. The molecule has 2 N–H and O–H groups in total. The zero-order valence-corrected chi connectivity index (χ0v) is 12.0. The van der Waals surface area contributed by atoms with Crippen molar-refractivity contribution in [2.45, 2.75) is 32.6 Å². The van der Waals surface area contributed by atoms with Crippen LogP contribution in [0.3, 0.4) is 0 Å². The summed E-state index contributed by atoms with van der Waals surface area (Å²) in [7, 11) is 0. The molecule has 0 bridgehead atoms. The van der Waals surface area contributed by atoms with Gasteiger partial charge in [0.1, 0.15) is 0 Å². The Morgan fingerprint density at radius 1 is 1.50 bits per heavy atom. The van der Waals surface area contributed by atoms with Crippen molar-refractivity contribution in [3.63, 3.8) is 0 Å². The molecule has 2 saturated heterocycles. The highest BCUT2D eigenvalue weighted by Crippen LogP contribution is 2.24. The minimum atomic E-state index is 0. The zero-order valence-electron chi connectivity index (χ0n) is 11.2. The number of hydrogen-bond acceptors (Lipinski definition) is 3. The van der Waals surface area contributed by atoms with Crippen LogP contribution in [0.25, 0.3) is 0 Å². The van der Waals surface area contributed by atoms with Gasteiger partial charge in [-0.2, -0.15) is 0 Å². The fourth-order valence-corrected chi connectivity index (χ4v) is 2.66. The van der Waals surface area contributed by atoms with Crippen LogP contribution in [0.4, 0.5) is 0 Å². The average Bonchev–Trinajstić information content (AvgIpc) is 2.38. The largest absolute Gasteiger partial charge is 0.381 e. The Kier molecular flexibility index (Phi) is 6.39. The minimum absolute atomic E-state index is 0. The third-order valence-corrected chi connectivity index (χ3v) is 3.91. The number of piperidine rings is 1. The molecular formula is C13H25ClN2O2. The standard InChI is InChI=1S/C13H24N2O2.ClH/c1-13(5-3-6-14-9-13)10-15-12(16)11-4-2-7-17-8-11;/h11,14H,2-10H2,1H3,(H,15,16);1H. The van der Waals surface area contributed by atoms with Gasteiger partial charge in [-0.1, -0.05) is 6.92 Å². The van der Waals surface area contributed by atoms with E-state index in [0.717, 1.165) is 39.1 Å². The first-order valence-electron chi connectivity index (χ1n) is 6.76. The number of hydrogen-bond donors (Lipinski definition) is 2. The van der Waals surface area contributed by atoms with E-state index in [1.54, 1.807) is 0 Å². The molecule has 2 heterocycles. The van der Waals surface area contributed by atoms with E-state index in [4.69, 9.17) is 4.74 Å². The Balaban J connectivity index is 0.00000162. The molecule has 2 unspecified atom stereocenters. The number of carbonyl (C=O) groups is 1. The maximum Gasteiger partial charge on any atom is 0.225 e. The van der Waals surface area contributed by atoms with E-state index in [9.17, 15) is 4.79 Å². The lowest BCUT2D eigenvalue weighted by molar-refractivity contribution is -0.129. The van der Waals surface area contributed by atoms with Crippen molar-refractivity contribution in [2.75, 3.05) is 32.8 Å². The highest BCUT2D eigenvalue weighted by Gasteiger charge is 2.29. The van der Waals surface area contributed by atoms with Gasteiger partial charge in [0.25, 0.3) is 0 Å². The van der Waals surface area contributed by atoms with Crippen molar-refractivity contribution in [1.29, 1.82) is 0 Å². The van der Waals surface area contributed by atoms with E-state index >= 15 is 0 Å². The molecule has 0 radical (unpaired) electrons. The van der Waals surface area contributed by atoms with Gasteiger partial charge in [-0.05, 0) is 37.6 Å². The molecule has 0 aromatic carbocycles. The summed E-state index contributed by atoms with van der Waals surface area (Å²) in [4.78, 5) is 12.0. The van der Waals surface area contributed by atoms with Gasteiger partial charge in [0.15, 0.2) is 0 Å². The summed E-state index contributed by atoms with van der Waals surface area (Å²) in [5.74, 6) is 0.250. The highest BCUT2D eigenvalue weighted by atomic mass is 35.5. The van der Waals surface area contributed by atoms with Crippen LogP contribution in [0.1, 0.15) is 32.6 Å². The fourth-order valence-electron chi connectivity index (χ4n) is 2.66. The Bertz CT molecular complexity index is 262. The molecule has 5 heteroatoms. The van der Waals surface area contributed by atoms with Gasteiger partial charge in [-0.25, -0.2) is 0 Å². The van der Waals surface area contributed by atoms with Gasteiger partial charge in [0.2, 0.25) is 5.91 Å². The van der Waals surface area contributed by atoms with E-state index in [0.29, 0.717) is 6.61 Å². The number of halogens is 1. The van der Waals surface area contributed by atoms with Gasteiger partial charge < -0.3 is 15.4 Å². The maximum absolute atomic E-state index is 12.0. The van der Waals surface area contributed by atoms with Crippen LogP contribution in [-0.4, -0.2) is 38.8 Å². The molecular weight excluding hydrogens is 252 g/mol. The summed E-state index contributed by atoms with van der Waals surface area (Å²) in [5, 5.41) is 6.51. The summed E-state index contributed by atoms with van der Waals surface area (Å²) in [6.45, 7) is 6.56. The summed E-state index contributed by atoms with van der Waals surface area (Å²) in [6, 6.07) is 0. The predicted molar refractivity (Wildman–Crippen MR) is 74.0 cm³/mol. The molecule has 0 aliphatic carbocycles.